The molecule has 0 aromatic carbocycles. The lowest BCUT2D eigenvalue weighted by molar-refractivity contribution is -0.121. The van der Waals surface area contributed by atoms with E-state index in [9.17, 15) is 13.2 Å². The van der Waals surface area contributed by atoms with Crippen LogP contribution in [0.15, 0.2) is 16.3 Å². The van der Waals surface area contributed by atoms with Gasteiger partial charge in [-0.25, -0.2) is 8.42 Å². The maximum absolute atomic E-state index is 12.4. The number of carbonyl (C=O) groups excluding carboxylic acids is 1. The molecule has 6 nitrogen and oxygen atoms in total. The zero-order chi connectivity index (χ0) is 13.3. The highest BCUT2D eigenvalue weighted by Gasteiger charge is 2.38. The molecule has 8 heteroatoms. The van der Waals surface area contributed by atoms with Gasteiger partial charge >= 0.3 is 0 Å². The first-order chi connectivity index (χ1) is 8.46. The molecule has 18 heavy (non-hydrogen) atoms. The van der Waals surface area contributed by atoms with Gasteiger partial charge in [-0.15, -0.1) is 11.3 Å². The highest BCUT2D eigenvalue weighted by Crippen LogP contribution is 2.30. The topological polar surface area (TPSA) is 106 Å². The summed E-state index contributed by atoms with van der Waals surface area (Å²) in [5.41, 5.74) is 10.7. The number of amides is 1. The number of hydrogen-bond donors (Lipinski definition) is 2. The highest BCUT2D eigenvalue weighted by molar-refractivity contribution is 7.91. The van der Waals surface area contributed by atoms with Crippen LogP contribution in [0.3, 0.4) is 0 Å². The Hall–Kier alpha value is -0.960. The summed E-state index contributed by atoms with van der Waals surface area (Å²) in [6.45, 7) is 0.644. The number of carbonyl (C=O) groups is 1. The van der Waals surface area contributed by atoms with Crippen molar-refractivity contribution in [3.63, 3.8) is 0 Å². The van der Waals surface area contributed by atoms with Gasteiger partial charge in [-0.2, -0.15) is 4.31 Å². The summed E-state index contributed by atoms with van der Waals surface area (Å²) in [6.07, 6.45) is 1.14. The molecule has 4 N–H and O–H groups in total. The first-order valence-electron chi connectivity index (χ1n) is 5.56. The van der Waals surface area contributed by atoms with Crippen LogP contribution >= 0.6 is 11.3 Å². The summed E-state index contributed by atoms with van der Waals surface area (Å²) >= 11 is 1.13. The third-order valence-electron chi connectivity index (χ3n) is 2.93. The molecule has 1 aromatic heterocycles. The van der Waals surface area contributed by atoms with Crippen molar-refractivity contribution in [3.8, 4) is 0 Å². The van der Waals surface area contributed by atoms with E-state index in [0.29, 0.717) is 25.9 Å². The summed E-state index contributed by atoms with van der Waals surface area (Å²) in [5, 5.41) is 0. The van der Waals surface area contributed by atoms with E-state index in [2.05, 4.69) is 0 Å². The van der Waals surface area contributed by atoms with Crippen molar-refractivity contribution >= 4 is 27.3 Å². The molecule has 2 rings (SSSR count). The predicted octanol–water partition coefficient (Wildman–Crippen LogP) is -0.155. The Labute approximate surface area is 110 Å². The smallest absolute Gasteiger partial charge is 0.253 e. The fourth-order valence-electron chi connectivity index (χ4n) is 2.03. The first kappa shape index (κ1) is 13.5. The van der Waals surface area contributed by atoms with Gasteiger partial charge in [0.2, 0.25) is 5.91 Å². The Morgan fingerprint density at radius 3 is 2.78 bits per heavy atom. The zero-order valence-electron chi connectivity index (χ0n) is 9.70. The molecule has 1 saturated heterocycles. The van der Waals surface area contributed by atoms with Crippen LogP contribution in [0.25, 0.3) is 0 Å². The van der Waals surface area contributed by atoms with Crippen LogP contribution in [0.5, 0.6) is 0 Å². The molecule has 1 fully saturated rings. The van der Waals surface area contributed by atoms with Crippen LogP contribution in [0.4, 0.5) is 0 Å². The molecular formula is C10H15N3O3S2. The minimum atomic E-state index is -3.63. The standard InChI is InChI=1S/C10H15N3O3S2/c11-6-7-3-4-9(17-7)18(15,16)13-5-1-2-8(13)10(12)14/h3-4,8H,1-2,5-6,11H2,(H2,12,14). The van der Waals surface area contributed by atoms with Gasteiger partial charge in [0.15, 0.2) is 0 Å². The van der Waals surface area contributed by atoms with E-state index in [-0.39, 0.29) is 4.21 Å². The van der Waals surface area contributed by atoms with E-state index in [1.165, 1.54) is 10.4 Å². The number of primary amides is 1. The monoisotopic (exact) mass is 289 g/mol. The molecule has 2 heterocycles. The van der Waals surface area contributed by atoms with Crippen molar-refractivity contribution in [1.82, 2.24) is 4.31 Å². The number of nitrogens with two attached hydrogens (primary N) is 2. The fourth-order valence-corrected chi connectivity index (χ4v) is 5.06. The molecule has 1 amide bonds. The van der Waals surface area contributed by atoms with Crippen LogP contribution in [0.2, 0.25) is 0 Å². The van der Waals surface area contributed by atoms with Crippen molar-refractivity contribution in [2.75, 3.05) is 6.54 Å². The van der Waals surface area contributed by atoms with E-state index in [1.54, 1.807) is 6.07 Å². The van der Waals surface area contributed by atoms with Crippen LogP contribution < -0.4 is 11.5 Å². The predicted molar refractivity (Wildman–Crippen MR) is 68.3 cm³/mol. The molecular weight excluding hydrogens is 274 g/mol. The maximum atomic E-state index is 12.4. The largest absolute Gasteiger partial charge is 0.368 e. The van der Waals surface area contributed by atoms with Gasteiger partial charge in [-0.3, -0.25) is 4.79 Å². The van der Waals surface area contributed by atoms with Gasteiger partial charge in [-0.05, 0) is 25.0 Å². The molecule has 0 bridgehead atoms. The van der Waals surface area contributed by atoms with Gasteiger partial charge in [0.25, 0.3) is 10.0 Å². The summed E-state index contributed by atoms with van der Waals surface area (Å²) < 4.78 is 26.1. The lowest BCUT2D eigenvalue weighted by Crippen LogP contribution is -2.43. The van der Waals surface area contributed by atoms with Crippen molar-refractivity contribution in [2.45, 2.75) is 29.6 Å². The minimum absolute atomic E-state index is 0.219. The zero-order valence-corrected chi connectivity index (χ0v) is 11.3. The average Bonchev–Trinajstić information content (AvgIpc) is 2.98. The van der Waals surface area contributed by atoms with Crippen LogP contribution in [0.1, 0.15) is 17.7 Å². The minimum Gasteiger partial charge on any atom is -0.368 e. The quantitative estimate of drug-likeness (QED) is 0.803. The lowest BCUT2D eigenvalue weighted by atomic mass is 10.2. The van der Waals surface area contributed by atoms with E-state index in [4.69, 9.17) is 11.5 Å². The number of sulfonamides is 1. The molecule has 1 aromatic rings. The van der Waals surface area contributed by atoms with Crippen LogP contribution in [-0.4, -0.2) is 31.2 Å². The molecule has 100 valence electrons. The Bertz CT molecular complexity index is 552. The van der Waals surface area contributed by atoms with E-state index in [0.717, 1.165) is 16.2 Å². The lowest BCUT2D eigenvalue weighted by Gasteiger charge is -2.20. The van der Waals surface area contributed by atoms with E-state index < -0.39 is 22.0 Å². The Balaban J connectivity index is 2.33. The molecule has 0 spiro atoms. The fraction of sp³-hybridized carbons (Fsp3) is 0.500. The summed E-state index contributed by atoms with van der Waals surface area (Å²) in [5.74, 6) is -0.591. The average molecular weight is 289 g/mol. The summed E-state index contributed by atoms with van der Waals surface area (Å²) in [7, 11) is -3.63. The number of nitrogens with zero attached hydrogens (tertiary/aromatic N) is 1. The Morgan fingerprint density at radius 1 is 1.50 bits per heavy atom. The van der Waals surface area contributed by atoms with Crippen LogP contribution in [0, 0.1) is 0 Å². The number of hydrogen-bond acceptors (Lipinski definition) is 5. The van der Waals surface area contributed by atoms with Crippen LogP contribution in [-0.2, 0) is 21.4 Å². The van der Waals surface area contributed by atoms with Gasteiger partial charge < -0.3 is 11.5 Å². The van der Waals surface area contributed by atoms with Gasteiger partial charge in [0, 0.05) is 18.0 Å². The van der Waals surface area contributed by atoms with Crippen molar-refractivity contribution in [2.24, 2.45) is 11.5 Å². The van der Waals surface area contributed by atoms with Gasteiger partial charge in [0.1, 0.15) is 10.3 Å². The third kappa shape index (κ3) is 2.28. The van der Waals surface area contributed by atoms with E-state index >= 15 is 0 Å². The number of rotatable bonds is 4. The first-order valence-corrected chi connectivity index (χ1v) is 7.82. The third-order valence-corrected chi connectivity index (χ3v) is 6.42. The maximum Gasteiger partial charge on any atom is 0.253 e. The van der Waals surface area contributed by atoms with Crippen molar-refractivity contribution < 1.29 is 13.2 Å². The Morgan fingerprint density at radius 2 is 2.22 bits per heavy atom. The SMILES string of the molecule is NCc1ccc(S(=O)(=O)N2CCCC2C(N)=O)s1. The summed E-state index contributed by atoms with van der Waals surface area (Å²) in [4.78, 5) is 12.0. The Kier molecular flexibility index (Phi) is 3.71. The second kappa shape index (κ2) is 4.96. The van der Waals surface area contributed by atoms with Crippen molar-refractivity contribution in [3.05, 3.63) is 17.0 Å². The second-order valence-electron chi connectivity index (χ2n) is 4.10. The van der Waals surface area contributed by atoms with Crippen molar-refractivity contribution in [1.29, 1.82) is 0 Å². The molecule has 1 aliphatic rings. The van der Waals surface area contributed by atoms with Gasteiger partial charge in [-0.1, -0.05) is 0 Å². The normalized spacial score (nSPS) is 21.3. The highest BCUT2D eigenvalue weighted by atomic mass is 32.2. The van der Waals surface area contributed by atoms with E-state index in [1.807, 2.05) is 0 Å². The van der Waals surface area contributed by atoms with Gasteiger partial charge in [0.05, 0.1) is 0 Å². The second-order valence-corrected chi connectivity index (χ2v) is 7.39. The molecule has 0 radical (unpaired) electrons. The summed E-state index contributed by atoms with van der Waals surface area (Å²) in [6, 6.07) is 2.49. The molecule has 1 atom stereocenters. The molecule has 1 aliphatic heterocycles. The number of thiophene rings is 1. The molecule has 0 saturated carbocycles. The molecule has 1 unspecified atom stereocenters. The molecule has 0 aliphatic carbocycles.